The number of aryl methyl sites for hydroxylation is 1. The number of nitrogens with one attached hydrogen (secondary N) is 2. The van der Waals surface area contributed by atoms with E-state index >= 15 is 0 Å². The molecule has 0 bridgehead atoms. The van der Waals surface area contributed by atoms with Crippen molar-refractivity contribution in [2.75, 3.05) is 16.8 Å². The summed E-state index contributed by atoms with van der Waals surface area (Å²) < 4.78 is 0. The van der Waals surface area contributed by atoms with Crippen molar-refractivity contribution in [2.45, 2.75) is 31.8 Å². The number of unbranched alkanes of at least 4 members (excludes halogenated alkanes) is 1. The van der Waals surface area contributed by atoms with E-state index in [2.05, 4.69) is 22.2 Å². The van der Waals surface area contributed by atoms with E-state index in [1.807, 2.05) is 19.1 Å². The van der Waals surface area contributed by atoms with Crippen molar-refractivity contribution in [3.63, 3.8) is 0 Å². The van der Waals surface area contributed by atoms with Crippen molar-refractivity contribution in [3.05, 3.63) is 45.7 Å². The van der Waals surface area contributed by atoms with Crippen LogP contribution < -0.4 is 16.6 Å². The Labute approximate surface area is 138 Å². The Morgan fingerprint density at radius 3 is 2.65 bits per heavy atom. The van der Waals surface area contributed by atoms with Gasteiger partial charge in [-0.15, -0.1) is 0 Å². The number of aromatic nitrogens is 2. The van der Waals surface area contributed by atoms with E-state index in [1.165, 1.54) is 11.8 Å². The fraction of sp³-hybridized carbons (Fsp3) is 0.312. The first-order chi connectivity index (χ1) is 11.0. The topological polar surface area (TPSA) is 101 Å². The molecular formula is C16H20N4O2S. The fourth-order valence-electron chi connectivity index (χ4n) is 1.86. The molecule has 23 heavy (non-hydrogen) atoms. The van der Waals surface area contributed by atoms with Gasteiger partial charge in [0.2, 0.25) is 0 Å². The van der Waals surface area contributed by atoms with Gasteiger partial charge in [0.25, 0.3) is 11.5 Å². The Morgan fingerprint density at radius 2 is 2.04 bits per heavy atom. The Balaban J connectivity index is 2.15. The first-order valence-corrected chi connectivity index (χ1v) is 8.40. The number of nitrogens with two attached hydrogens (primary N) is 1. The third-order valence-corrected chi connectivity index (χ3v) is 4.17. The van der Waals surface area contributed by atoms with Crippen LogP contribution >= 0.6 is 11.8 Å². The molecule has 1 aromatic heterocycles. The number of benzene rings is 1. The van der Waals surface area contributed by atoms with Crippen LogP contribution in [0.4, 0.5) is 11.5 Å². The molecular weight excluding hydrogens is 312 g/mol. The van der Waals surface area contributed by atoms with E-state index in [0.717, 1.165) is 24.2 Å². The molecule has 0 aliphatic carbocycles. The van der Waals surface area contributed by atoms with Gasteiger partial charge in [0, 0.05) is 11.3 Å². The van der Waals surface area contributed by atoms with E-state index in [1.54, 1.807) is 12.1 Å². The summed E-state index contributed by atoms with van der Waals surface area (Å²) >= 11 is 1.44. The van der Waals surface area contributed by atoms with E-state index < -0.39 is 11.5 Å². The van der Waals surface area contributed by atoms with Gasteiger partial charge in [0.05, 0.1) is 0 Å². The van der Waals surface area contributed by atoms with Crippen LogP contribution in [0.3, 0.4) is 0 Å². The first kappa shape index (κ1) is 17.1. The second-order valence-corrected chi connectivity index (χ2v) is 6.24. The number of thioether (sulfide) groups is 1. The smallest absolute Gasteiger partial charge is 0.277 e. The van der Waals surface area contributed by atoms with E-state index in [0.29, 0.717) is 10.7 Å². The Morgan fingerprint density at radius 1 is 1.35 bits per heavy atom. The number of anilines is 2. The summed E-state index contributed by atoms with van der Waals surface area (Å²) in [6, 6.07) is 7.04. The lowest BCUT2D eigenvalue weighted by molar-refractivity contribution is 0.102. The van der Waals surface area contributed by atoms with Crippen LogP contribution in [0.25, 0.3) is 0 Å². The number of aromatic amines is 1. The number of carbonyl (C=O) groups is 1. The summed E-state index contributed by atoms with van der Waals surface area (Å²) in [5, 5.41) is 3.00. The van der Waals surface area contributed by atoms with Crippen LogP contribution in [-0.2, 0) is 0 Å². The molecule has 1 heterocycles. The number of hydrogen-bond acceptors (Lipinski definition) is 5. The summed E-state index contributed by atoms with van der Waals surface area (Å²) in [5.74, 6) is 0.483. The zero-order valence-electron chi connectivity index (χ0n) is 13.2. The van der Waals surface area contributed by atoms with Crippen LogP contribution in [0, 0.1) is 6.92 Å². The molecule has 4 N–H and O–H groups in total. The average molecular weight is 332 g/mol. The van der Waals surface area contributed by atoms with Crippen molar-refractivity contribution in [1.82, 2.24) is 9.97 Å². The van der Waals surface area contributed by atoms with Gasteiger partial charge in [0.15, 0.2) is 11.0 Å². The van der Waals surface area contributed by atoms with Crippen LogP contribution in [0.2, 0.25) is 0 Å². The summed E-state index contributed by atoms with van der Waals surface area (Å²) in [7, 11) is 0. The highest BCUT2D eigenvalue weighted by Crippen LogP contribution is 2.18. The lowest BCUT2D eigenvalue weighted by Crippen LogP contribution is -2.23. The molecule has 0 saturated carbocycles. The van der Waals surface area contributed by atoms with Crippen molar-refractivity contribution < 1.29 is 4.79 Å². The van der Waals surface area contributed by atoms with Crippen LogP contribution in [-0.4, -0.2) is 21.6 Å². The molecule has 0 aliphatic rings. The molecule has 0 radical (unpaired) electrons. The molecule has 0 aliphatic heterocycles. The molecule has 2 rings (SSSR count). The lowest BCUT2D eigenvalue weighted by Gasteiger charge is -2.08. The number of amides is 1. The van der Waals surface area contributed by atoms with Crippen LogP contribution in [0.1, 0.15) is 35.7 Å². The zero-order valence-corrected chi connectivity index (χ0v) is 14.0. The number of nitrogen functional groups attached to an aromatic ring is 1. The number of H-pyrrole nitrogens is 1. The maximum absolute atomic E-state index is 12.2. The molecule has 1 amide bonds. The highest BCUT2D eigenvalue weighted by atomic mass is 32.2. The maximum atomic E-state index is 12.2. The van der Waals surface area contributed by atoms with Crippen molar-refractivity contribution in [1.29, 1.82) is 0 Å². The molecule has 0 unspecified atom stereocenters. The van der Waals surface area contributed by atoms with E-state index in [9.17, 15) is 9.59 Å². The summed E-state index contributed by atoms with van der Waals surface area (Å²) in [6.07, 6.45) is 2.09. The number of hydrogen-bond donors (Lipinski definition) is 3. The lowest BCUT2D eigenvalue weighted by atomic mass is 10.1. The quantitative estimate of drug-likeness (QED) is 0.429. The Hall–Kier alpha value is -2.28. The fourth-order valence-corrected chi connectivity index (χ4v) is 2.82. The van der Waals surface area contributed by atoms with Gasteiger partial charge in [-0.2, -0.15) is 0 Å². The second kappa shape index (κ2) is 7.82. The van der Waals surface area contributed by atoms with Gasteiger partial charge < -0.3 is 11.1 Å². The third kappa shape index (κ3) is 4.59. The van der Waals surface area contributed by atoms with E-state index in [-0.39, 0.29) is 11.5 Å². The molecule has 7 heteroatoms. The zero-order chi connectivity index (χ0) is 16.8. The highest BCUT2D eigenvalue weighted by molar-refractivity contribution is 7.99. The highest BCUT2D eigenvalue weighted by Gasteiger charge is 2.13. The number of carbonyl (C=O) groups excluding carboxylic acids is 1. The minimum absolute atomic E-state index is 0.0181. The summed E-state index contributed by atoms with van der Waals surface area (Å²) in [4.78, 5) is 31.1. The average Bonchev–Trinajstić information content (AvgIpc) is 2.51. The van der Waals surface area contributed by atoms with Crippen LogP contribution in [0.5, 0.6) is 0 Å². The molecule has 0 fully saturated rings. The predicted octanol–water partition coefficient (Wildman–Crippen LogP) is 2.81. The molecule has 0 saturated heterocycles. The standard InChI is InChI=1S/C16H20N4O2S/c1-3-4-9-23-16-19-13(17)12(15(22)20-16)18-14(21)11-7-5-10(2)6-8-11/h5-8H,3-4,9H2,1-2H3,(H,18,21)(H3,17,19,20,22). The molecule has 2 aromatic rings. The predicted molar refractivity (Wildman–Crippen MR) is 94.0 cm³/mol. The van der Waals surface area contributed by atoms with Gasteiger partial charge in [-0.05, 0) is 25.5 Å². The SMILES string of the molecule is CCCCSc1nc(N)c(NC(=O)c2ccc(C)cc2)c(=O)[nH]1. The Bertz CT molecular complexity index is 741. The van der Waals surface area contributed by atoms with E-state index in [4.69, 9.17) is 5.73 Å². The minimum atomic E-state index is -0.447. The van der Waals surface area contributed by atoms with Gasteiger partial charge in [-0.1, -0.05) is 42.8 Å². The number of nitrogens with zero attached hydrogens (tertiary/aromatic N) is 1. The summed E-state index contributed by atoms with van der Waals surface area (Å²) in [5.41, 5.74) is 6.86. The van der Waals surface area contributed by atoms with Gasteiger partial charge in [-0.3, -0.25) is 14.6 Å². The van der Waals surface area contributed by atoms with Crippen molar-refractivity contribution in [3.8, 4) is 0 Å². The summed E-state index contributed by atoms with van der Waals surface area (Å²) in [6.45, 7) is 4.03. The van der Waals surface area contributed by atoms with Crippen molar-refractivity contribution in [2.24, 2.45) is 0 Å². The number of rotatable bonds is 6. The molecule has 0 spiro atoms. The third-order valence-electron chi connectivity index (χ3n) is 3.21. The molecule has 1 aromatic carbocycles. The second-order valence-electron chi connectivity index (χ2n) is 5.15. The maximum Gasteiger partial charge on any atom is 0.277 e. The van der Waals surface area contributed by atoms with Crippen molar-refractivity contribution >= 4 is 29.2 Å². The first-order valence-electron chi connectivity index (χ1n) is 7.42. The molecule has 0 atom stereocenters. The normalized spacial score (nSPS) is 10.5. The largest absolute Gasteiger partial charge is 0.382 e. The van der Waals surface area contributed by atoms with Gasteiger partial charge >= 0.3 is 0 Å². The van der Waals surface area contributed by atoms with Gasteiger partial charge in [0.1, 0.15) is 5.69 Å². The molecule has 122 valence electrons. The van der Waals surface area contributed by atoms with Crippen LogP contribution in [0.15, 0.2) is 34.2 Å². The Kier molecular flexibility index (Phi) is 5.81. The van der Waals surface area contributed by atoms with Gasteiger partial charge in [-0.25, -0.2) is 4.98 Å². The monoisotopic (exact) mass is 332 g/mol. The minimum Gasteiger partial charge on any atom is -0.382 e. The molecule has 6 nitrogen and oxygen atoms in total.